The van der Waals surface area contributed by atoms with E-state index in [1.807, 2.05) is 0 Å². The van der Waals surface area contributed by atoms with Crippen LogP contribution in [0.15, 0.2) is 25.3 Å². The Morgan fingerprint density at radius 1 is 1.61 bits per heavy atom. The molecule has 0 bridgehead atoms. The summed E-state index contributed by atoms with van der Waals surface area (Å²) in [6.07, 6.45) is 0. The van der Waals surface area contributed by atoms with Gasteiger partial charge in [0.1, 0.15) is 4.21 Å². The van der Waals surface area contributed by atoms with Crippen molar-refractivity contribution in [3.63, 3.8) is 0 Å². The Morgan fingerprint density at radius 3 is 2.61 bits per heavy atom. The number of amidine groups is 1. The van der Waals surface area contributed by atoms with E-state index in [1.54, 1.807) is 19.9 Å². The van der Waals surface area contributed by atoms with Crippen molar-refractivity contribution in [3.8, 4) is 0 Å². The molecule has 0 aliphatic rings. The van der Waals surface area contributed by atoms with Crippen molar-refractivity contribution in [2.75, 3.05) is 6.54 Å². The molecule has 1 aromatic heterocycles. The minimum Gasteiger partial charge on any atom is -0.409 e. The SMILES string of the molecule is CC(C)N(CC(N)=NO)S(=O)(=O)c1ccc(Br)s1. The normalized spacial score (nSPS) is 13.5. The number of thiophene rings is 1. The summed E-state index contributed by atoms with van der Waals surface area (Å²) in [7, 11) is -3.63. The summed E-state index contributed by atoms with van der Waals surface area (Å²) in [5.41, 5.74) is 5.38. The zero-order chi connectivity index (χ0) is 13.9. The molecule has 3 N–H and O–H groups in total. The van der Waals surface area contributed by atoms with Gasteiger partial charge in [0.15, 0.2) is 5.84 Å². The van der Waals surface area contributed by atoms with Crippen LogP contribution in [0.2, 0.25) is 0 Å². The van der Waals surface area contributed by atoms with E-state index in [-0.39, 0.29) is 22.6 Å². The summed E-state index contributed by atoms with van der Waals surface area (Å²) in [4.78, 5) is 0. The molecule has 0 saturated carbocycles. The topological polar surface area (TPSA) is 96.0 Å². The Hall–Kier alpha value is -0.640. The lowest BCUT2D eigenvalue weighted by molar-refractivity contribution is 0.312. The first-order valence-electron chi connectivity index (χ1n) is 5.02. The number of halogens is 1. The second-order valence-electron chi connectivity index (χ2n) is 3.79. The van der Waals surface area contributed by atoms with Crippen LogP contribution in [0.4, 0.5) is 0 Å². The summed E-state index contributed by atoms with van der Waals surface area (Å²) in [5, 5.41) is 11.3. The van der Waals surface area contributed by atoms with E-state index in [9.17, 15) is 8.42 Å². The number of nitrogens with zero attached hydrogens (tertiary/aromatic N) is 2. The average Bonchev–Trinajstić information content (AvgIpc) is 2.72. The maximum Gasteiger partial charge on any atom is 0.253 e. The predicted molar refractivity (Wildman–Crippen MR) is 74.5 cm³/mol. The highest BCUT2D eigenvalue weighted by atomic mass is 79.9. The standard InChI is InChI=1S/C9H14BrN3O3S2/c1-6(2)13(5-8(11)12-14)18(15,16)9-4-3-7(10)17-9/h3-4,6,14H,5H2,1-2H3,(H2,11,12). The van der Waals surface area contributed by atoms with E-state index in [1.165, 1.54) is 10.4 Å². The average molecular weight is 356 g/mol. The van der Waals surface area contributed by atoms with Gasteiger partial charge in [-0.25, -0.2) is 8.42 Å². The minimum atomic E-state index is -3.63. The molecule has 1 aromatic rings. The van der Waals surface area contributed by atoms with Crippen molar-refractivity contribution in [2.45, 2.75) is 24.1 Å². The number of hydrogen-bond acceptors (Lipinski definition) is 5. The molecular weight excluding hydrogens is 342 g/mol. The summed E-state index contributed by atoms with van der Waals surface area (Å²) >= 11 is 4.34. The molecule has 1 heterocycles. The molecular formula is C9H14BrN3O3S2. The van der Waals surface area contributed by atoms with Crippen molar-refractivity contribution in [1.29, 1.82) is 0 Å². The molecule has 18 heavy (non-hydrogen) atoms. The van der Waals surface area contributed by atoms with Crippen molar-refractivity contribution in [1.82, 2.24) is 4.31 Å². The molecule has 0 amide bonds. The first kappa shape index (κ1) is 15.4. The van der Waals surface area contributed by atoms with Crippen LogP contribution in [-0.2, 0) is 10.0 Å². The maximum absolute atomic E-state index is 12.4. The van der Waals surface area contributed by atoms with Gasteiger partial charge in [-0.05, 0) is 41.9 Å². The van der Waals surface area contributed by atoms with Crippen molar-refractivity contribution in [2.24, 2.45) is 10.9 Å². The number of sulfonamides is 1. The van der Waals surface area contributed by atoms with Gasteiger partial charge < -0.3 is 10.9 Å². The smallest absolute Gasteiger partial charge is 0.253 e. The molecule has 6 nitrogen and oxygen atoms in total. The third-order valence-corrected chi connectivity index (χ3v) is 6.25. The van der Waals surface area contributed by atoms with Gasteiger partial charge in [-0.1, -0.05) is 5.16 Å². The first-order chi connectivity index (χ1) is 8.28. The predicted octanol–water partition coefficient (Wildman–Crippen LogP) is 1.66. The number of hydrogen-bond donors (Lipinski definition) is 2. The van der Waals surface area contributed by atoms with E-state index in [4.69, 9.17) is 10.9 Å². The fraction of sp³-hybridized carbons (Fsp3) is 0.444. The van der Waals surface area contributed by atoms with Crippen LogP contribution in [0.25, 0.3) is 0 Å². The highest BCUT2D eigenvalue weighted by Gasteiger charge is 2.29. The van der Waals surface area contributed by atoms with Crippen molar-refractivity contribution < 1.29 is 13.6 Å². The Morgan fingerprint density at radius 2 is 2.22 bits per heavy atom. The van der Waals surface area contributed by atoms with Crippen molar-refractivity contribution in [3.05, 3.63) is 15.9 Å². The summed E-state index contributed by atoms with van der Waals surface area (Å²) in [5.74, 6) is -0.150. The van der Waals surface area contributed by atoms with Gasteiger partial charge in [-0.3, -0.25) is 0 Å². The first-order valence-corrected chi connectivity index (χ1v) is 8.07. The van der Waals surface area contributed by atoms with Gasteiger partial charge >= 0.3 is 0 Å². The molecule has 9 heteroatoms. The summed E-state index contributed by atoms with van der Waals surface area (Å²) < 4.78 is 26.9. The van der Waals surface area contributed by atoms with Crippen LogP contribution < -0.4 is 5.73 Å². The van der Waals surface area contributed by atoms with Crippen LogP contribution in [0.3, 0.4) is 0 Å². The lowest BCUT2D eigenvalue weighted by Crippen LogP contribution is -2.42. The van der Waals surface area contributed by atoms with Gasteiger partial charge in [0.25, 0.3) is 10.0 Å². The van der Waals surface area contributed by atoms with Crippen LogP contribution in [0, 0.1) is 0 Å². The Kier molecular flexibility index (Phi) is 5.14. The van der Waals surface area contributed by atoms with E-state index >= 15 is 0 Å². The minimum absolute atomic E-state index is 0.147. The largest absolute Gasteiger partial charge is 0.409 e. The molecule has 0 fully saturated rings. The highest BCUT2D eigenvalue weighted by Crippen LogP contribution is 2.29. The molecule has 0 radical (unpaired) electrons. The third kappa shape index (κ3) is 3.44. The van der Waals surface area contributed by atoms with Gasteiger partial charge in [0.2, 0.25) is 0 Å². The quantitative estimate of drug-likeness (QED) is 0.363. The number of nitrogens with two attached hydrogens (primary N) is 1. The molecule has 1 rings (SSSR count). The van der Waals surface area contributed by atoms with E-state index in [2.05, 4.69) is 21.1 Å². The van der Waals surface area contributed by atoms with Gasteiger partial charge in [0, 0.05) is 6.04 Å². The third-order valence-electron chi connectivity index (χ3n) is 2.13. The zero-order valence-corrected chi connectivity index (χ0v) is 13.1. The second-order valence-corrected chi connectivity index (χ2v) is 8.37. The maximum atomic E-state index is 12.4. The monoisotopic (exact) mass is 355 g/mol. The highest BCUT2D eigenvalue weighted by molar-refractivity contribution is 9.11. The Bertz CT molecular complexity index is 539. The fourth-order valence-corrected chi connectivity index (χ4v) is 5.04. The molecule has 0 aromatic carbocycles. The zero-order valence-electron chi connectivity index (χ0n) is 9.87. The molecule has 0 spiro atoms. The second kappa shape index (κ2) is 6.00. The van der Waals surface area contributed by atoms with E-state index in [0.717, 1.165) is 15.1 Å². The van der Waals surface area contributed by atoms with Crippen LogP contribution >= 0.6 is 27.3 Å². The van der Waals surface area contributed by atoms with Crippen LogP contribution in [-0.4, -0.2) is 36.4 Å². The van der Waals surface area contributed by atoms with E-state index < -0.39 is 10.0 Å². The molecule has 102 valence electrons. The summed E-state index contributed by atoms with van der Waals surface area (Å²) in [6, 6.07) is 2.89. The van der Waals surface area contributed by atoms with Crippen molar-refractivity contribution >= 4 is 43.1 Å². The van der Waals surface area contributed by atoms with Gasteiger partial charge in [0.05, 0.1) is 10.3 Å². The van der Waals surface area contributed by atoms with Crippen LogP contribution in [0.5, 0.6) is 0 Å². The van der Waals surface area contributed by atoms with Gasteiger partial charge in [-0.2, -0.15) is 4.31 Å². The van der Waals surface area contributed by atoms with E-state index in [0.29, 0.717) is 0 Å². The lowest BCUT2D eigenvalue weighted by atomic mass is 10.4. The van der Waals surface area contributed by atoms with Crippen LogP contribution in [0.1, 0.15) is 13.8 Å². The summed E-state index contributed by atoms with van der Waals surface area (Å²) in [6.45, 7) is 3.31. The molecule has 0 unspecified atom stereocenters. The number of rotatable bonds is 5. The molecule has 0 aliphatic heterocycles. The fourth-order valence-electron chi connectivity index (χ4n) is 1.29. The molecule has 0 aliphatic carbocycles. The molecule has 0 atom stereocenters. The Balaban J connectivity index is 3.13. The Labute approximate surface area is 118 Å². The lowest BCUT2D eigenvalue weighted by Gasteiger charge is -2.24. The molecule has 0 saturated heterocycles. The number of oxime groups is 1. The van der Waals surface area contributed by atoms with Gasteiger partial charge in [-0.15, -0.1) is 11.3 Å².